The highest BCUT2D eigenvalue weighted by Gasteiger charge is 2.13. The van der Waals surface area contributed by atoms with Crippen LogP contribution in [0.2, 0.25) is 0 Å². The number of aromatic hydroxyl groups is 1. The second-order valence-electron chi connectivity index (χ2n) is 4.39. The summed E-state index contributed by atoms with van der Waals surface area (Å²) in [5, 5.41) is 12.2. The van der Waals surface area contributed by atoms with Gasteiger partial charge in [-0.05, 0) is 44.0 Å². The van der Waals surface area contributed by atoms with Crippen molar-refractivity contribution in [1.29, 1.82) is 0 Å². The van der Waals surface area contributed by atoms with E-state index in [1.54, 1.807) is 12.1 Å². The van der Waals surface area contributed by atoms with Gasteiger partial charge in [0.1, 0.15) is 5.75 Å². The molecule has 0 heterocycles. The average Bonchev–Trinajstić information content (AvgIpc) is 2.15. The van der Waals surface area contributed by atoms with Crippen LogP contribution in [0.15, 0.2) is 18.2 Å². The molecule has 0 fully saturated rings. The Morgan fingerprint density at radius 3 is 2.65 bits per heavy atom. The molecule has 2 N–H and O–H groups in total. The molecule has 2 unspecified atom stereocenters. The van der Waals surface area contributed by atoms with Crippen molar-refractivity contribution in [2.45, 2.75) is 38.1 Å². The van der Waals surface area contributed by atoms with Gasteiger partial charge in [0.15, 0.2) is 0 Å². The highest BCUT2D eigenvalue weighted by molar-refractivity contribution is 9.09. The van der Waals surface area contributed by atoms with E-state index in [9.17, 15) is 9.90 Å². The van der Waals surface area contributed by atoms with Gasteiger partial charge < -0.3 is 10.4 Å². The number of amides is 1. The summed E-state index contributed by atoms with van der Waals surface area (Å²) in [6.07, 6.45) is 0.878. The standard InChI is InChI=1S/C13H18BrNO2/c1-8-6-11(16)4-5-12(8)13(17)15-10(3)7-9(2)14/h4-6,9-10,16H,7H2,1-3H3,(H,15,17). The number of phenolic OH excluding ortho intramolecular Hbond substituents is 1. The van der Waals surface area contributed by atoms with Gasteiger partial charge in [-0.3, -0.25) is 4.79 Å². The summed E-state index contributed by atoms with van der Waals surface area (Å²) in [4.78, 5) is 12.3. The van der Waals surface area contributed by atoms with E-state index in [-0.39, 0.29) is 17.7 Å². The molecule has 3 nitrogen and oxygen atoms in total. The van der Waals surface area contributed by atoms with Gasteiger partial charge in [-0.15, -0.1) is 0 Å². The van der Waals surface area contributed by atoms with Crippen LogP contribution >= 0.6 is 15.9 Å². The van der Waals surface area contributed by atoms with Crippen molar-refractivity contribution in [2.75, 3.05) is 0 Å². The molecule has 0 aliphatic heterocycles. The van der Waals surface area contributed by atoms with Crippen molar-refractivity contribution in [2.24, 2.45) is 0 Å². The third kappa shape index (κ3) is 4.38. The number of nitrogens with one attached hydrogen (secondary N) is 1. The molecule has 4 heteroatoms. The molecule has 1 aromatic rings. The summed E-state index contributed by atoms with van der Waals surface area (Å²) in [7, 11) is 0. The first kappa shape index (κ1) is 14.0. The number of hydrogen-bond acceptors (Lipinski definition) is 2. The van der Waals surface area contributed by atoms with Crippen LogP contribution in [0.3, 0.4) is 0 Å². The van der Waals surface area contributed by atoms with Crippen molar-refractivity contribution < 1.29 is 9.90 Å². The van der Waals surface area contributed by atoms with Crippen molar-refractivity contribution in [3.05, 3.63) is 29.3 Å². The summed E-state index contributed by atoms with van der Waals surface area (Å²) in [5.74, 6) is 0.0873. The summed E-state index contributed by atoms with van der Waals surface area (Å²) in [6, 6.07) is 4.88. The fourth-order valence-corrected chi connectivity index (χ4v) is 2.31. The van der Waals surface area contributed by atoms with Crippen LogP contribution in [0.25, 0.3) is 0 Å². The topological polar surface area (TPSA) is 49.3 Å². The molecule has 0 aliphatic carbocycles. The number of phenols is 1. The van der Waals surface area contributed by atoms with E-state index in [1.807, 2.05) is 13.8 Å². The minimum atomic E-state index is -0.0943. The molecule has 94 valence electrons. The number of halogens is 1. The zero-order chi connectivity index (χ0) is 13.0. The summed E-state index contributed by atoms with van der Waals surface area (Å²) in [5.41, 5.74) is 1.39. The highest BCUT2D eigenvalue weighted by Crippen LogP contribution is 2.16. The Balaban J connectivity index is 2.70. The zero-order valence-electron chi connectivity index (χ0n) is 10.3. The van der Waals surface area contributed by atoms with Gasteiger partial charge in [-0.1, -0.05) is 22.9 Å². The van der Waals surface area contributed by atoms with Crippen molar-refractivity contribution >= 4 is 21.8 Å². The molecular formula is C13H18BrNO2. The Labute approximate surface area is 110 Å². The number of aryl methyl sites for hydroxylation is 1. The maximum Gasteiger partial charge on any atom is 0.251 e. The van der Waals surface area contributed by atoms with E-state index in [2.05, 4.69) is 28.2 Å². The second-order valence-corrected chi connectivity index (χ2v) is 5.95. The minimum Gasteiger partial charge on any atom is -0.508 e. The van der Waals surface area contributed by atoms with Crippen LogP contribution in [0.5, 0.6) is 5.75 Å². The van der Waals surface area contributed by atoms with Gasteiger partial charge in [-0.2, -0.15) is 0 Å². The Morgan fingerprint density at radius 2 is 2.12 bits per heavy atom. The summed E-state index contributed by atoms with van der Waals surface area (Å²) < 4.78 is 0. The van der Waals surface area contributed by atoms with E-state index >= 15 is 0 Å². The molecule has 1 aromatic carbocycles. The first-order valence-electron chi connectivity index (χ1n) is 5.64. The lowest BCUT2D eigenvalue weighted by molar-refractivity contribution is 0.0938. The third-order valence-electron chi connectivity index (χ3n) is 2.51. The monoisotopic (exact) mass is 299 g/mol. The molecular weight excluding hydrogens is 282 g/mol. The Hall–Kier alpha value is -1.03. The normalized spacial score (nSPS) is 14.1. The first-order chi connectivity index (χ1) is 7.90. The van der Waals surface area contributed by atoms with Crippen LogP contribution in [0.1, 0.15) is 36.2 Å². The zero-order valence-corrected chi connectivity index (χ0v) is 11.9. The molecule has 1 rings (SSSR count). The smallest absolute Gasteiger partial charge is 0.251 e. The number of carbonyl (C=O) groups excluding carboxylic acids is 1. The molecule has 0 spiro atoms. The van der Waals surface area contributed by atoms with Gasteiger partial charge in [0.05, 0.1) is 0 Å². The molecule has 0 radical (unpaired) electrons. The lowest BCUT2D eigenvalue weighted by Crippen LogP contribution is -2.34. The quantitative estimate of drug-likeness (QED) is 0.840. The molecule has 0 bridgehead atoms. The number of benzene rings is 1. The van der Waals surface area contributed by atoms with E-state index in [4.69, 9.17) is 0 Å². The van der Waals surface area contributed by atoms with Crippen LogP contribution < -0.4 is 5.32 Å². The van der Waals surface area contributed by atoms with E-state index in [0.717, 1.165) is 12.0 Å². The van der Waals surface area contributed by atoms with E-state index in [1.165, 1.54) is 6.07 Å². The molecule has 0 aromatic heterocycles. The lowest BCUT2D eigenvalue weighted by atomic mass is 10.1. The SMILES string of the molecule is Cc1cc(O)ccc1C(=O)NC(C)CC(C)Br. The molecule has 0 saturated heterocycles. The maximum absolute atomic E-state index is 12.0. The fourth-order valence-electron chi connectivity index (χ4n) is 1.75. The number of hydrogen-bond donors (Lipinski definition) is 2. The summed E-state index contributed by atoms with van der Waals surface area (Å²) >= 11 is 3.46. The molecule has 0 saturated carbocycles. The second kappa shape index (κ2) is 6.05. The van der Waals surface area contributed by atoms with Gasteiger partial charge in [0.25, 0.3) is 5.91 Å². The Kier molecular flexibility index (Phi) is 5.00. The van der Waals surface area contributed by atoms with Gasteiger partial charge in [-0.25, -0.2) is 0 Å². The van der Waals surface area contributed by atoms with Crippen LogP contribution in [0.4, 0.5) is 0 Å². The molecule has 17 heavy (non-hydrogen) atoms. The van der Waals surface area contributed by atoms with Gasteiger partial charge >= 0.3 is 0 Å². The number of rotatable bonds is 4. The van der Waals surface area contributed by atoms with Gasteiger partial charge in [0, 0.05) is 16.4 Å². The number of carbonyl (C=O) groups is 1. The minimum absolute atomic E-state index is 0.0943. The molecule has 1 amide bonds. The van der Waals surface area contributed by atoms with Gasteiger partial charge in [0.2, 0.25) is 0 Å². The van der Waals surface area contributed by atoms with Crippen LogP contribution in [0, 0.1) is 6.92 Å². The van der Waals surface area contributed by atoms with Crippen molar-refractivity contribution in [3.63, 3.8) is 0 Å². The van der Waals surface area contributed by atoms with Crippen LogP contribution in [-0.4, -0.2) is 21.9 Å². The lowest BCUT2D eigenvalue weighted by Gasteiger charge is -2.16. The van der Waals surface area contributed by atoms with E-state index < -0.39 is 0 Å². The first-order valence-corrected chi connectivity index (χ1v) is 6.56. The summed E-state index contributed by atoms with van der Waals surface area (Å²) in [6.45, 7) is 5.84. The Bertz CT molecular complexity index is 404. The van der Waals surface area contributed by atoms with Crippen molar-refractivity contribution in [3.8, 4) is 5.75 Å². The Morgan fingerprint density at radius 1 is 1.47 bits per heavy atom. The van der Waals surface area contributed by atoms with Crippen LogP contribution in [-0.2, 0) is 0 Å². The molecule has 0 aliphatic rings. The predicted molar refractivity (Wildman–Crippen MR) is 72.8 cm³/mol. The third-order valence-corrected chi connectivity index (χ3v) is 2.88. The maximum atomic E-state index is 12.0. The average molecular weight is 300 g/mol. The highest BCUT2D eigenvalue weighted by atomic mass is 79.9. The fraction of sp³-hybridized carbons (Fsp3) is 0.462. The predicted octanol–water partition coefficient (Wildman–Crippen LogP) is 2.99. The molecule has 2 atom stereocenters. The largest absolute Gasteiger partial charge is 0.508 e. The van der Waals surface area contributed by atoms with E-state index in [0.29, 0.717) is 10.4 Å². The number of alkyl halides is 1. The van der Waals surface area contributed by atoms with Crippen molar-refractivity contribution in [1.82, 2.24) is 5.32 Å².